The van der Waals surface area contributed by atoms with Crippen molar-refractivity contribution < 1.29 is 4.79 Å². The summed E-state index contributed by atoms with van der Waals surface area (Å²) in [6, 6.07) is 9.29. The Morgan fingerprint density at radius 3 is 2.67 bits per heavy atom. The van der Waals surface area contributed by atoms with E-state index in [-0.39, 0.29) is 5.78 Å². The number of aromatic amines is 1. The molecule has 76 valence electrons. The van der Waals surface area contributed by atoms with Crippen LogP contribution in [0.25, 0.3) is 0 Å². The Morgan fingerprint density at radius 2 is 2.07 bits per heavy atom. The normalized spacial score (nSPS) is 10.2. The number of aryl methyl sites for hydroxylation is 1. The molecule has 0 radical (unpaired) electrons. The van der Waals surface area contributed by atoms with E-state index in [2.05, 4.69) is 10.2 Å². The zero-order valence-electron chi connectivity index (χ0n) is 8.53. The molecule has 3 heteroatoms. The Kier molecular flexibility index (Phi) is 2.63. The van der Waals surface area contributed by atoms with Gasteiger partial charge in [-0.25, -0.2) is 0 Å². The van der Waals surface area contributed by atoms with Crippen LogP contribution in [0.15, 0.2) is 36.5 Å². The van der Waals surface area contributed by atoms with Crippen molar-refractivity contribution in [2.45, 2.75) is 13.3 Å². The highest BCUT2D eigenvalue weighted by Gasteiger charge is 2.09. The van der Waals surface area contributed by atoms with Crippen LogP contribution in [-0.4, -0.2) is 16.0 Å². The van der Waals surface area contributed by atoms with Gasteiger partial charge in [0.2, 0.25) is 0 Å². The van der Waals surface area contributed by atoms with Crippen LogP contribution >= 0.6 is 0 Å². The van der Waals surface area contributed by atoms with Gasteiger partial charge in [-0.2, -0.15) is 5.10 Å². The van der Waals surface area contributed by atoms with Crippen LogP contribution in [0, 0.1) is 6.92 Å². The molecule has 1 aromatic carbocycles. The first-order valence-electron chi connectivity index (χ1n) is 4.84. The monoisotopic (exact) mass is 200 g/mol. The Balaban J connectivity index is 2.15. The van der Waals surface area contributed by atoms with E-state index in [0.29, 0.717) is 6.42 Å². The molecule has 0 aliphatic heterocycles. The molecule has 0 saturated carbocycles. The van der Waals surface area contributed by atoms with E-state index in [9.17, 15) is 4.79 Å². The lowest BCUT2D eigenvalue weighted by atomic mass is 10.1. The minimum absolute atomic E-state index is 0.114. The molecule has 15 heavy (non-hydrogen) atoms. The van der Waals surface area contributed by atoms with E-state index in [1.807, 2.05) is 37.3 Å². The molecule has 0 saturated heterocycles. The number of rotatable bonds is 3. The molecule has 2 aromatic rings. The molecule has 0 fully saturated rings. The van der Waals surface area contributed by atoms with Crippen molar-refractivity contribution in [2.75, 3.05) is 0 Å². The SMILES string of the molecule is Cc1cn[nH]c1CC(=O)c1ccccc1. The second-order valence-corrected chi connectivity index (χ2v) is 3.50. The minimum atomic E-state index is 0.114. The molecule has 0 aliphatic carbocycles. The number of H-pyrrole nitrogens is 1. The van der Waals surface area contributed by atoms with Crippen molar-refractivity contribution in [3.05, 3.63) is 53.3 Å². The van der Waals surface area contributed by atoms with Crippen LogP contribution in [0.5, 0.6) is 0 Å². The van der Waals surface area contributed by atoms with Crippen molar-refractivity contribution in [1.82, 2.24) is 10.2 Å². The molecule has 1 N–H and O–H groups in total. The summed E-state index contributed by atoms with van der Waals surface area (Å²) in [6.45, 7) is 1.94. The summed E-state index contributed by atoms with van der Waals surface area (Å²) < 4.78 is 0. The first kappa shape index (κ1) is 9.65. The van der Waals surface area contributed by atoms with Gasteiger partial charge in [0.05, 0.1) is 12.6 Å². The van der Waals surface area contributed by atoms with Gasteiger partial charge < -0.3 is 0 Å². The number of aromatic nitrogens is 2. The third kappa shape index (κ3) is 2.13. The van der Waals surface area contributed by atoms with Crippen LogP contribution in [0.1, 0.15) is 21.6 Å². The number of nitrogens with zero attached hydrogens (tertiary/aromatic N) is 1. The number of carbonyl (C=O) groups excluding carboxylic acids is 1. The summed E-state index contributed by atoms with van der Waals surface area (Å²) in [5.74, 6) is 0.114. The maximum absolute atomic E-state index is 11.8. The van der Waals surface area contributed by atoms with Gasteiger partial charge in [0.15, 0.2) is 5.78 Å². The lowest BCUT2D eigenvalue weighted by Crippen LogP contribution is -2.04. The van der Waals surface area contributed by atoms with Crippen LogP contribution in [0.3, 0.4) is 0 Å². The first-order chi connectivity index (χ1) is 7.27. The molecule has 1 heterocycles. The minimum Gasteiger partial charge on any atom is -0.294 e. The second-order valence-electron chi connectivity index (χ2n) is 3.50. The maximum Gasteiger partial charge on any atom is 0.168 e. The van der Waals surface area contributed by atoms with Crippen molar-refractivity contribution in [3.63, 3.8) is 0 Å². The van der Waals surface area contributed by atoms with Crippen LogP contribution in [-0.2, 0) is 6.42 Å². The second kappa shape index (κ2) is 4.09. The van der Waals surface area contributed by atoms with Gasteiger partial charge in [0.25, 0.3) is 0 Å². The Labute approximate surface area is 88.1 Å². The third-order valence-corrected chi connectivity index (χ3v) is 2.37. The zero-order chi connectivity index (χ0) is 10.7. The number of benzene rings is 1. The van der Waals surface area contributed by atoms with Crippen molar-refractivity contribution in [2.24, 2.45) is 0 Å². The van der Waals surface area contributed by atoms with E-state index < -0.39 is 0 Å². The highest BCUT2D eigenvalue weighted by Crippen LogP contribution is 2.08. The molecular weight excluding hydrogens is 188 g/mol. The summed E-state index contributed by atoms with van der Waals surface area (Å²) in [4.78, 5) is 11.8. The Hall–Kier alpha value is -1.90. The number of carbonyl (C=O) groups is 1. The summed E-state index contributed by atoms with van der Waals surface area (Å²) >= 11 is 0. The maximum atomic E-state index is 11.8. The van der Waals surface area contributed by atoms with Crippen LogP contribution in [0.2, 0.25) is 0 Å². The van der Waals surface area contributed by atoms with Crippen LogP contribution in [0.4, 0.5) is 0 Å². The first-order valence-corrected chi connectivity index (χ1v) is 4.84. The van der Waals surface area contributed by atoms with Gasteiger partial charge >= 0.3 is 0 Å². The van der Waals surface area contributed by atoms with Gasteiger partial charge in [-0.05, 0) is 12.5 Å². The predicted octanol–water partition coefficient (Wildman–Crippen LogP) is 2.14. The van der Waals surface area contributed by atoms with Crippen LogP contribution < -0.4 is 0 Å². The summed E-state index contributed by atoms with van der Waals surface area (Å²) in [5, 5.41) is 6.73. The van der Waals surface area contributed by atoms with E-state index in [4.69, 9.17) is 0 Å². The van der Waals surface area contributed by atoms with Gasteiger partial charge in [-0.3, -0.25) is 9.89 Å². The molecule has 0 aliphatic rings. The molecule has 0 spiro atoms. The van der Waals surface area contributed by atoms with Crippen molar-refractivity contribution in [1.29, 1.82) is 0 Å². The molecule has 0 amide bonds. The molecule has 0 unspecified atom stereocenters. The van der Waals surface area contributed by atoms with E-state index in [0.717, 1.165) is 16.8 Å². The van der Waals surface area contributed by atoms with E-state index in [1.165, 1.54) is 0 Å². The zero-order valence-corrected chi connectivity index (χ0v) is 8.53. The fourth-order valence-corrected chi connectivity index (χ4v) is 1.44. The van der Waals surface area contributed by atoms with Crippen molar-refractivity contribution in [3.8, 4) is 0 Å². The molecule has 2 rings (SSSR count). The molecule has 0 atom stereocenters. The predicted molar refractivity (Wildman–Crippen MR) is 57.8 cm³/mol. The van der Waals surface area contributed by atoms with Gasteiger partial charge in [0, 0.05) is 11.3 Å². The molecular formula is C12H12N2O. The number of ketones is 1. The smallest absolute Gasteiger partial charge is 0.168 e. The average Bonchev–Trinajstić information content (AvgIpc) is 2.66. The Morgan fingerprint density at radius 1 is 1.33 bits per heavy atom. The standard InChI is InChI=1S/C12H12N2O/c1-9-8-13-14-11(9)7-12(15)10-5-3-2-4-6-10/h2-6,8H,7H2,1H3,(H,13,14). The topological polar surface area (TPSA) is 45.8 Å². The number of Topliss-reactive ketones (excluding diaryl/α,β-unsaturated/α-hetero) is 1. The third-order valence-electron chi connectivity index (χ3n) is 2.37. The highest BCUT2D eigenvalue weighted by molar-refractivity contribution is 5.97. The number of nitrogens with one attached hydrogen (secondary N) is 1. The summed E-state index contributed by atoms with van der Waals surface area (Å²) in [7, 11) is 0. The van der Waals surface area contributed by atoms with E-state index >= 15 is 0 Å². The molecule has 1 aromatic heterocycles. The van der Waals surface area contributed by atoms with Gasteiger partial charge in [-0.15, -0.1) is 0 Å². The lowest BCUT2D eigenvalue weighted by Gasteiger charge is -1.99. The molecule has 3 nitrogen and oxygen atoms in total. The fraction of sp³-hybridized carbons (Fsp3) is 0.167. The summed E-state index contributed by atoms with van der Waals surface area (Å²) in [6.07, 6.45) is 2.11. The van der Waals surface area contributed by atoms with E-state index in [1.54, 1.807) is 6.20 Å². The number of hydrogen-bond acceptors (Lipinski definition) is 2. The average molecular weight is 200 g/mol. The molecule has 0 bridgehead atoms. The quantitative estimate of drug-likeness (QED) is 0.771. The lowest BCUT2D eigenvalue weighted by molar-refractivity contribution is 0.0991. The number of hydrogen-bond donors (Lipinski definition) is 1. The van der Waals surface area contributed by atoms with Crippen molar-refractivity contribution >= 4 is 5.78 Å². The fourth-order valence-electron chi connectivity index (χ4n) is 1.44. The largest absolute Gasteiger partial charge is 0.294 e. The Bertz CT molecular complexity index is 459. The summed E-state index contributed by atoms with van der Waals surface area (Å²) in [5.41, 5.74) is 2.66. The van der Waals surface area contributed by atoms with Gasteiger partial charge in [0.1, 0.15) is 0 Å². The van der Waals surface area contributed by atoms with Gasteiger partial charge in [-0.1, -0.05) is 30.3 Å². The highest BCUT2D eigenvalue weighted by atomic mass is 16.1.